The standard InChI is InChI=1S/C15H30N2O/c1-7-17(12-8-9-12)13(18)10-16-15(5,6)11-14(2,3)4/h12,16H,7-11H2,1-6H3. The lowest BCUT2D eigenvalue weighted by Gasteiger charge is -2.34. The maximum Gasteiger partial charge on any atom is 0.236 e. The number of hydrogen-bond donors (Lipinski definition) is 1. The highest BCUT2D eigenvalue weighted by Gasteiger charge is 2.32. The lowest BCUT2D eigenvalue weighted by molar-refractivity contribution is -0.131. The Morgan fingerprint density at radius 1 is 1.22 bits per heavy atom. The summed E-state index contributed by atoms with van der Waals surface area (Å²) in [4.78, 5) is 14.1. The summed E-state index contributed by atoms with van der Waals surface area (Å²) in [6.45, 7) is 14.4. The zero-order valence-electron chi connectivity index (χ0n) is 13.0. The molecule has 1 N–H and O–H groups in total. The monoisotopic (exact) mass is 254 g/mol. The minimum atomic E-state index is 0.0108. The first kappa shape index (κ1) is 15.5. The molecule has 3 nitrogen and oxygen atoms in total. The second-order valence-corrected chi connectivity index (χ2v) is 7.39. The second-order valence-electron chi connectivity index (χ2n) is 7.39. The molecular formula is C15H30N2O. The average Bonchev–Trinajstić information content (AvgIpc) is 2.96. The number of nitrogens with zero attached hydrogens (tertiary/aromatic N) is 1. The zero-order valence-corrected chi connectivity index (χ0v) is 13.0. The molecule has 1 amide bonds. The van der Waals surface area contributed by atoms with Crippen LogP contribution < -0.4 is 5.32 Å². The molecule has 3 heteroatoms. The molecule has 18 heavy (non-hydrogen) atoms. The molecule has 0 aromatic carbocycles. The largest absolute Gasteiger partial charge is 0.339 e. The van der Waals surface area contributed by atoms with Crippen LogP contribution >= 0.6 is 0 Å². The van der Waals surface area contributed by atoms with Gasteiger partial charge in [0.25, 0.3) is 0 Å². The number of nitrogens with one attached hydrogen (secondary N) is 1. The van der Waals surface area contributed by atoms with E-state index in [0.29, 0.717) is 12.6 Å². The minimum Gasteiger partial charge on any atom is -0.339 e. The van der Waals surface area contributed by atoms with Crippen molar-refractivity contribution in [2.75, 3.05) is 13.1 Å². The predicted molar refractivity (Wildman–Crippen MR) is 76.6 cm³/mol. The number of carbonyl (C=O) groups excluding carboxylic acids is 1. The highest BCUT2D eigenvalue weighted by atomic mass is 16.2. The first-order valence-electron chi connectivity index (χ1n) is 7.19. The van der Waals surface area contributed by atoms with Crippen molar-refractivity contribution in [1.82, 2.24) is 10.2 Å². The average molecular weight is 254 g/mol. The molecule has 0 aromatic heterocycles. The molecule has 0 atom stereocenters. The first-order chi connectivity index (χ1) is 8.14. The fourth-order valence-electron chi connectivity index (χ4n) is 2.83. The van der Waals surface area contributed by atoms with Gasteiger partial charge in [-0.05, 0) is 45.4 Å². The maximum atomic E-state index is 12.1. The van der Waals surface area contributed by atoms with Crippen LogP contribution in [-0.2, 0) is 4.79 Å². The Kier molecular flexibility index (Phi) is 4.82. The van der Waals surface area contributed by atoms with Gasteiger partial charge in [0.2, 0.25) is 5.91 Å². The van der Waals surface area contributed by atoms with Crippen LogP contribution in [0.3, 0.4) is 0 Å². The van der Waals surface area contributed by atoms with Gasteiger partial charge in [0.1, 0.15) is 0 Å². The smallest absolute Gasteiger partial charge is 0.236 e. The van der Waals surface area contributed by atoms with Crippen LogP contribution in [0.5, 0.6) is 0 Å². The molecule has 0 aliphatic heterocycles. The lowest BCUT2D eigenvalue weighted by atomic mass is 9.82. The summed E-state index contributed by atoms with van der Waals surface area (Å²) < 4.78 is 0. The van der Waals surface area contributed by atoms with E-state index in [4.69, 9.17) is 0 Å². The summed E-state index contributed by atoms with van der Waals surface area (Å²) in [6, 6.07) is 0.523. The fraction of sp³-hybridized carbons (Fsp3) is 0.933. The Morgan fingerprint density at radius 2 is 1.78 bits per heavy atom. The summed E-state index contributed by atoms with van der Waals surface area (Å²) in [6.07, 6.45) is 3.43. The van der Waals surface area contributed by atoms with E-state index in [1.54, 1.807) is 0 Å². The van der Waals surface area contributed by atoms with Gasteiger partial charge in [-0.25, -0.2) is 0 Å². The van der Waals surface area contributed by atoms with Gasteiger partial charge in [0, 0.05) is 18.1 Å². The van der Waals surface area contributed by atoms with Gasteiger partial charge >= 0.3 is 0 Å². The summed E-state index contributed by atoms with van der Waals surface area (Å²) in [5.74, 6) is 0.252. The Hall–Kier alpha value is -0.570. The van der Waals surface area contributed by atoms with Crippen LogP contribution in [-0.4, -0.2) is 35.5 Å². The Morgan fingerprint density at radius 3 is 2.17 bits per heavy atom. The van der Waals surface area contributed by atoms with Crippen molar-refractivity contribution in [3.8, 4) is 0 Å². The minimum absolute atomic E-state index is 0.0108. The molecule has 0 aromatic rings. The van der Waals surface area contributed by atoms with E-state index in [2.05, 4.69) is 46.9 Å². The molecular weight excluding hydrogens is 224 g/mol. The van der Waals surface area contributed by atoms with Crippen molar-refractivity contribution in [2.45, 2.75) is 72.4 Å². The van der Waals surface area contributed by atoms with E-state index in [1.165, 1.54) is 12.8 Å². The van der Waals surface area contributed by atoms with Gasteiger partial charge in [-0.3, -0.25) is 4.79 Å². The Labute approximate surface area is 112 Å². The van der Waals surface area contributed by atoms with E-state index in [1.807, 2.05) is 4.90 Å². The van der Waals surface area contributed by atoms with E-state index >= 15 is 0 Å². The molecule has 106 valence electrons. The third-order valence-corrected chi connectivity index (χ3v) is 3.34. The molecule has 1 aliphatic rings. The van der Waals surface area contributed by atoms with Crippen molar-refractivity contribution in [2.24, 2.45) is 5.41 Å². The number of rotatable bonds is 6. The molecule has 0 spiro atoms. The predicted octanol–water partition coefficient (Wildman–Crippen LogP) is 2.80. The highest BCUT2D eigenvalue weighted by Crippen LogP contribution is 2.28. The van der Waals surface area contributed by atoms with Crippen molar-refractivity contribution in [1.29, 1.82) is 0 Å². The first-order valence-corrected chi connectivity index (χ1v) is 7.19. The number of amides is 1. The van der Waals surface area contributed by atoms with Crippen LogP contribution in [0.15, 0.2) is 0 Å². The Bertz CT molecular complexity index is 287. The third-order valence-electron chi connectivity index (χ3n) is 3.34. The summed E-state index contributed by atoms with van der Waals surface area (Å²) in [5, 5.41) is 3.42. The summed E-state index contributed by atoms with van der Waals surface area (Å²) >= 11 is 0. The van der Waals surface area contributed by atoms with Crippen LogP contribution in [0.2, 0.25) is 0 Å². The van der Waals surface area contributed by atoms with Crippen LogP contribution in [0, 0.1) is 5.41 Å². The van der Waals surface area contributed by atoms with Crippen LogP contribution in [0.4, 0.5) is 0 Å². The van der Waals surface area contributed by atoms with Gasteiger partial charge in [0.15, 0.2) is 0 Å². The van der Waals surface area contributed by atoms with E-state index in [-0.39, 0.29) is 16.9 Å². The fourth-order valence-corrected chi connectivity index (χ4v) is 2.83. The second kappa shape index (κ2) is 5.60. The van der Waals surface area contributed by atoms with Crippen molar-refractivity contribution in [3.63, 3.8) is 0 Å². The molecule has 0 radical (unpaired) electrons. The molecule has 0 bridgehead atoms. The zero-order chi connectivity index (χ0) is 14.0. The summed E-state index contributed by atoms with van der Waals surface area (Å²) in [7, 11) is 0. The molecule has 1 rings (SSSR count). The molecule has 1 saturated carbocycles. The maximum absolute atomic E-state index is 12.1. The molecule has 0 unspecified atom stereocenters. The third kappa shape index (κ3) is 5.38. The summed E-state index contributed by atoms with van der Waals surface area (Å²) in [5.41, 5.74) is 0.289. The molecule has 1 aliphatic carbocycles. The normalized spacial score (nSPS) is 16.8. The van der Waals surface area contributed by atoms with Crippen LogP contribution in [0.25, 0.3) is 0 Å². The van der Waals surface area contributed by atoms with Gasteiger partial charge in [-0.1, -0.05) is 20.8 Å². The van der Waals surface area contributed by atoms with Gasteiger partial charge in [0.05, 0.1) is 6.54 Å². The molecule has 1 fully saturated rings. The highest BCUT2D eigenvalue weighted by molar-refractivity contribution is 5.79. The number of likely N-dealkylation sites (N-methyl/N-ethyl adjacent to an activating group) is 1. The van der Waals surface area contributed by atoms with Gasteiger partial charge < -0.3 is 10.2 Å². The van der Waals surface area contributed by atoms with E-state index in [9.17, 15) is 4.79 Å². The number of carbonyl (C=O) groups is 1. The quantitative estimate of drug-likeness (QED) is 0.790. The molecule has 0 saturated heterocycles. The van der Waals surface area contributed by atoms with E-state index < -0.39 is 0 Å². The van der Waals surface area contributed by atoms with Crippen LogP contribution in [0.1, 0.15) is 60.8 Å². The Balaban J connectivity index is 2.41. The van der Waals surface area contributed by atoms with Gasteiger partial charge in [-0.15, -0.1) is 0 Å². The topological polar surface area (TPSA) is 32.3 Å². The lowest BCUT2D eigenvalue weighted by Crippen LogP contribution is -2.48. The van der Waals surface area contributed by atoms with Crippen molar-refractivity contribution < 1.29 is 4.79 Å². The van der Waals surface area contributed by atoms with E-state index in [0.717, 1.165) is 13.0 Å². The van der Waals surface area contributed by atoms with Gasteiger partial charge in [-0.2, -0.15) is 0 Å². The van der Waals surface area contributed by atoms with Crippen molar-refractivity contribution >= 4 is 5.91 Å². The van der Waals surface area contributed by atoms with Crippen molar-refractivity contribution in [3.05, 3.63) is 0 Å². The number of hydrogen-bond acceptors (Lipinski definition) is 2. The SMILES string of the molecule is CCN(C(=O)CNC(C)(C)CC(C)(C)C)C1CC1. The molecule has 0 heterocycles.